The van der Waals surface area contributed by atoms with E-state index in [2.05, 4.69) is 4.98 Å². The molecule has 1 aliphatic heterocycles. The number of aromatic nitrogens is 1. The number of thiazole rings is 1. The second kappa shape index (κ2) is 7.26. The summed E-state index contributed by atoms with van der Waals surface area (Å²) in [7, 11) is 0. The maximum Gasteiger partial charge on any atom is 0.424 e. The third-order valence-electron chi connectivity index (χ3n) is 3.74. The van der Waals surface area contributed by atoms with Crippen molar-refractivity contribution >= 4 is 23.2 Å². The van der Waals surface area contributed by atoms with Gasteiger partial charge in [-0.1, -0.05) is 0 Å². The zero-order chi connectivity index (χ0) is 18.8. The van der Waals surface area contributed by atoms with Gasteiger partial charge in [-0.15, -0.1) is 11.3 Å². The number of carbonyl (C=O) groups excluding carboxylic acids is 1. The monoisotopic (exact) mass is 382 g/mol. The predicted molar refractivity (Wildman–Crippen MR) is 80.0 cm³/mol. The molecule has 2 rings (SSSR count). The molecule has 1 aromatic rings. The predicted octanol–water partition coefficient (Wildman–Crippen LogP) is 1.29. The number of hydrogen-bond donors (Lipinski definition) is 2. The topological polar surface area (TPSA) is 100.0 Å². The van der Waals surface area contributed by atoms with Crippen molar-refractivity contribution in [3.05, 3.63) is 16.1 Å². The number of hydrogen-bond acceptors (Lipinski definition) is 6. The SMILES string of the molecule is Cc1csc(C(O)(CC(=O)N2CCOC(CC(=O)O)C2)C(F)(F)F)n1. The van der Waals surface area contributed by atoms with E-state index >= 15 is 0 Å². The highest BCUT2D eigenvalue weighted by atomic mass is 32.1. The Morgan fingerprint density at radius 2 is 2.16 bits per heavy atom. The van der Waals surface area contributed by atoms with Gasteiger partial charge < -0.3 is 19.8 Å². The van der Waals surface area contributed by atoms with Crippen LogP contribution < -0.4 is 0 Å². The fourth-order valence-electron chi connectivity index (χ4n) is 2.44. The first-order valence-corrected chi connectivity index (χ1v) is 8.24. The number of alkyl halides is 3. The summed E-state index contributed by atoms with van der Waals surface area (Å²) in [5, 5.41) is 19.7. The number of nitrogens with zero attached hydrogens (tertiary/aromatic N) is 2. The molecule has 1 fully saturated rings. The highest BCUT2D eigenvalue weighted by Crippen LogP contribution is 2.43. The Kier molecular flexibility index (Phi) is 5.69. The van der Waals surface area contributed by atoms with Crippen LogP contribution >= 0.6 is 11.3 Å². The maximum atomic E-state index is 13.4. The lowest BCUT2D eigenvalue weighted by Crippen LogP contribution is -2.51. The van der Waals surface area contributed by atoms with Gasteiger partial charge >= 0.3 is 12.1 Å². The second-order valence-corrected chi connectivity index (χ2v) is 6.62. The highest BCUT2D eigenvalue weighted by molar-refractivity contribution is 7.09. The minimum absolute atomic E-state index is 0.0183. The molecule has 140 valence electrons. The van der Waals surface area contributed by atoms with Gasteiger partial charge in [-0.05, 0) is 6.92 Å². The smallest absolute Gasteiger partial charge is 0.424 e. The molecule has 11 heteroatoms. The fourth-order valence-corrected chi connectivity index (χ4v) is 3.35. The van der Waals surface area contributed by atoms with E-state index in [4.69, 9.17) is 9.84 Å². The van der Waals surface area contributed by atoms with Crippen LogP contribution in [0.25, 0.3) is 0 Å². The van der Waals surface area contributed by atoms with Crippen molar-refractivity contribution in [1.29, 1.82) is 0 Å². The van der Waals surface area contributed by atoms with Crippen molar-refractivity contribution in [1.82, 2.24) is 9.88 Å². The Bertz CT molecular complexity index is 651. The van der Waals surface area contributed by atoms with Crippen molar-refractivity contribution in [3.8, 4) is 0 Å². The van der Waals surface area contributed by atoms with Gasteiger partial charge in [0.1, 0.15) is 5.01 Å². The van der Waals surface area contributed by atoms with Crippen LogP contribution in [-0.4, -0.2) is 64.0 Å². The molecule has 2 heterocycles. The van der Waals surface area contributed by atoms with Crippen LogP contribution in [-0.2, 0) is 19.9 Å². The Morgan fingerprint density at radius 3 is 2.68 bits per heavy atom. The van der Waals surface area contributed by atoms with Crippen LogP contribution in [0, 0.1) is 6.92 Å². The molecule has 1 aliphatic rings. The van der Waals surface area contributed by atoms with Gasteiger partial charge in [0, 0.05) is 24.2 Å². The summed E-state index contributed by atoms with van der Waals surface area (Å²) in [5.41, 5.74) is -3.08. The molecule has 1 saturated heterocycles. The molecule has 0 aromatic carbocycles. The van der Waals surface area contributed by atoms with E-state index in [1.165, 1.54) is 12.3 Å². The summed E-state index contributed by atoms with van der Waals surface area (Å²) in [6, 6.07) is 0. The van der Waals surface area contributed by atoms with Crippen LogP contribution in [0.1, 0.15) is 23.5 Å². The number of carboxylic acid groups (broad SMARTS) is 1. The average Bonchev–Trinajstić information content (AvgIpc) is 2.92. The van der Waals surface area contributed by atoms with Crippen LogP contribution in [0.2, 0.25) is 0 Å². The lowest BCUT2D eigenvalue weighted by atomic mass is 9.98. The molecule has 2 N–H and O–H groups in total. The lowest BCUT2D eigenvalue weighted by Gasteiger charge is -2.35. The standard InChI is InChI=1S/C14H17F3N2O5S/c1-8-7-25-12(18-8)13(23,14(15,16)17)5-10(20)19-2-3-24-9(6-19)4-11(21)22/h7,9,23H,2-6H2,1H3,(H,21,22). The number of carboxylic acids is 1. The third-order valence-corrected chi connectivity index (χ3v) is 4.85. The minimum atomic E-state index is -5.08. The van der Waals surface area contributed by atoms with Gasteiger partial charge in [-0.3, -0.25) is 9.59 Å². The Labute approximate surface area is 145 Å². The zero-order valence-corrected chi connectivity index (χ0v) is 14.1. The molecule has 1 amide bonds. The van der Waals surface area contributed by atoms with E-state index in [0.29, 0.717) is 17.0 Å². The quantitative estimate of drug-likeness (QED) is 0.796. The molecule has 0 saturated carbocycles. The number of aliphatic carboxylic acids is 1. The van der Waals surface area contributed by atoms with Gasteiger partial charge in [0.2, 0.25) is 11.5 Å². The first-order valence-electron chi connectivity index (χ1n) is 7.36. The summed E-state index contributed by atoms with van der Waals surface area (Å²) in [6.45, 7) is 1.39. The van der Waals surface area contributed by atoms with Crippen molar-refractivity contribution in [3.63, 3.8) is 0 Å². The minimum Gasteiger partial charge on any atom is -0.481 e. The summed E-state index contributed by atoms with van der Waals surface area (Å²) in [6.07, 6.45) is -7.46. The highest BCUT2D eigenvalue weighted by Gasteiger charge is 2.58. The Hall–Kier alpha value is -1.72. The third kappa shape index (κ3) is 4.47. The van der Waals surface area contributed by atoms with Crippen molar-refractivity contribution in [2.24, 2.45) is 0 Å². The van der Waals surface area contributed by atoms with Crippen molar-refractivity contribution < 1.29 is 37.7 Å². The Morgan fingerprint density at radius 1 is 1.48 bits per heavy atom. The lowest BCUT2D eigenvalue weighted by molar-refractivity contribution is -0.268. The number of rotatable bonds is 5. The molecule has 0 bridgehead atoms. The number of ether oxygens (including phenoxy) is 1. The molecule has 2 atom stereocenters. The van der Waals surface area contributed by atoms with E-state index in [-0.39, 0.29) is 26.1 Å². The van der Waals surface area contributed by atoms with Gasteiger partial charge in [0.05, 0.1) is 25.6 Å². The van der Waals surface area contributed by atoms with Crippen LogP contribution in [0.3, 0.4) is 0 Å². The van der Waals surface area contributed by atoms with Gasteiger partial charge in [0.25, 0.3) is 0 Å². The summed E-state index contributed by atoms with van der Waals surface area (Å²) >= 11 is 0.627. The summed E-state index contributed by atoms with van der Waals surface area (Å²) < 4.78 is 45.4. The van der Waals surface area contributed by atoms with E-state index < -0.39 is 41.2 Å². The number of carbonyl (C=O) groups is 2. The Balaban J connectivity index is 2.16. The normalized spacial score (nSPS) is 21.0. The van der Waals surface area contributed by atoms with E-state index in [1.807, 2.05) is 0 Å². The molecule has 0 radical (unpaired) electrons. The maximum absolute atomic E-state index is 13.4. The fraction of sp³-hybridized carbons (Fsp3) is 0.643. The van der Waals surface area contributed by atoms with Gasteiger partial charge in [0.15, 0.2) is 0 Å². The summed E-state index contributed by atoms with van der Waals surface area (Å²) in [4.78, 5) is 27.8. The molecular formula is C14H17F3N2O5S. The molecule has 2 unspecified atom stereocenters. The molecule has 7 nitrogen and oxygen atoms in total. The number of morpholine rings is 1. The number of amides is 1. The molecule has 0 spiro atoms. The van der Waals surface area contributed by atoms with Crippen LogP contribution in [0.4, 0.5) is 13.2 Å². The van der Waals surface area contributed by atoms with E-state index in [1.54, 1.807) is 0 Å². The van der Waals surface area contributed by atoms with Crippen LogP contribution in [0.5, 0.6) is 0 Å². The summed E-state index contributed by atoms with van der Waals surface area (Å²) in [5.74, 6) is -2.07. The van der Waals surface area contributed by atoms with Gasteiger partial charge in [-0.2, -0.15) is 13.2 Å². The number of halogens is 3. The largest absolute Gasteiger partial charge is 0.481 e. The average molecular weight is 382 g/mol. The van der Waals surface area contributed by atoms with E-state index in [0.717, 1.165) is 4.90 Å². The van der Waals surface area contributed by atoms with Gasteiger partial charge in [-0.25, -0.2) is 4.98 Å². The van der Waals surface area contributed by atoms with Crippen molar-refractivity contribution in [2.75, 3.05) is 19.7 Å². The second-order valence-electron chi connectivity index (χ2n) is 5.76. The number of aliphatic hydroxyl groups is 1. The molecule has 25 heavy (non-hydrogen) atoms. The molecule has 1 aromatic heterocycles. The number of aryl methyl sites for hydroxylation is 1. The van der Waals surface area contributed by atoms with Crippen molar-refractivity contribution in [2.45, 2.75) is 37.6 Å². The first-order chi connectivity index (χ1) is 11.5. The molecule has 0 aliphatic carbocycles. The van der Waals surface area contributed by atoms with E-state index in [9.17, 15) is 27.9 Å². The molecular weight excluding hydrogens is 365 g/mol. The zero-order valence-electron chi connectivity index (χ0n) is 13.2. The first kappa shape index (κ1) is 19.6. The van der Waals surface area contributed by atoms with Crippen LogP contribution in [0.15, 0.2) is 5.38 Å².